The fourth-order valence-electron chi connectivity index (χ4n) is 1.37. The largest absolute Gasteiger partial charge is 0.318 e. The molecule has 0 saturated heterocycles. The SMILES string of the molecule is Cc1cnc(C(N)c2ccccc2)nc1. The normalized spacial score (nSPS) is 12.4. The highest BCUT2D eigenvalue weighted by Crippen LogP contribution is 2.14. The van der Waals surface area contributed by atoms with Crippen LogP contribution in [0.3, 0.4) is 0 Å². The second kappa shape index (κ2) is 4.19. The second-order valence-electron chi connectivity index (χ2n) is 3.51. The average molecular weight is 199 g/mol. The molecule has 0 amide bonds. The van der Waals surface area contributed by atoms with Crippen LogP contribution >= 0.6 is 0 Å². The Morgan fingerprint density at radius 2 is 1.67 bits per heavy atom. The van der Waals surface area contributed by atoms with Crippen molar-refractivity contribution >= 4 is 0 Å². The predicted octanol–water partition coefficient (Wildman–Crippen LogP) is 1.83. The molecular weight excluding hydrogens is 186 g/mol. The van der Waals surface area contributed by atoms with Gasteiger partial charge in [-0.3, -0.25) is 0 Å². The van der Waals surface area contributed by atoms with Crippen molar-refractivity contribution in [1.29, 1.82) is 0 Å². The minimum absolute atomic E-state index is 0.244. The molecule has 3 heteroatoms. The molecule has 0 aliphatic heterocycles. The van der Waals surface area contributed by atoms with Gasteiger partial charge in [-0.15, -0.1) is 0 Å². The summed E-state index contributed by atoms with van der Waals surface area (Å²) in [5.74, 6) is 0.659. The molecule has 0 spiro atoms. The summed E-state index contributed by atoms with van der Waals surface area (Å²) in [5, 5.41) is 0. The van der Waals surface area contributed by atoms with Crippen LogP contribution in [0, 0.1) is 6.92 Å². The summed E-state index contributed by atoms with van der Waals surface area (Å²) in [6.07, 6.45) is 3.57. The van der Waals surface area contributed by atoms with Crippen molar-refractivity contribution in [2.24, 2.45) is 5.73 Å². The summed E-state index contributed by atoms with van der Waals surface area (Å²) in [6.45, 7) is 1.96. The van der Waals surface area contributed by atoms with E-state index in [4.69, 9.17) is 5.73 Å². The second-order valence-corrected chi connectivity index (χ2v) is 3.51. The van der Waals surface area contributed by atoms with Gasteiger partial charge in [-0.25, -0.2) is 9.97 Å². The molecule has 0 aliphatic rings. The molecule has 3 nitrogen and oxygen atoms in total. The van der Waals surface area contributed by atoms with Crippen LogP contribution in [-0.4, -0.2) is 9.97 Å². The Labute approximate surface area is 89.0 Å². The van der Waals surface area contributed by atoms with Crippen LogP contribution in [0.4, 0.5) is 0 Å². The number of nitrogens with zero attached hydrogens (tertiary/aromatic N) is 2. The van der Waals surface area contributed by atoms with Gasteiger partial charge in [0, 0.05) is 12.4 Å². The maximum atomic E-state index is 6.04. The van der Waals surface area contributed by atoms with Crippen molar-refractivity contribution in [1.82, 2.24) is 9.97 Å². The molecule has 0 fully saturated rings. The van der Waals surface area contributed by atoms with Crippen molar-refractivity contribution in [3.8, 4) is 0 Å². The highest BCUT2D eigenvalue weighted by molar-refractivity contribution is 5.24. The topological polar surface area (TPSA) is 51.8 Å². The summed E-state index contributed by atoms with van der Waals surface area (Å²) in [7, 11) is 0. The Balaban J connectivity index is 2.29. The van der Waals surface area contributed by atoms with Crippen molar-refractivity contribution in [2.75, 3.05) is 0 Å². The lowest BCUT2D eigenvalue weighted by molar-refractivity contribution is 0.777. The zero-order valence-electron chi connectivity index (χ0n) is 8.59. The highest BCUT2D eigenvalue weighted by Gasteiger charge is 2.10. The van der Waals surface area contributed by atoms with Crippen molar-refractivity contribution in [2.45, 2.75) is 13.0 Å². The van der Waals surface area contributed by atoms with Crippen molar-refractivity contribution in [3.63, 3.8) is 0 Å². The Morgan fingerprint density at radius 1 is 1.07 bits per heavy atom. The minimum Gasteiger partial charge on any atom is -0.318 e. The quantitative estimate of drug-likeness (QED) is 0.802. The van der Waals surface area contributed by atoms with Crippen LogP contribution in [0.15, 0.2) is 42.7 Å². The van der Waals surface area contributed by atoms with E-state index in [2.05, 4.69) is 9.97 Å². The standard InChI is InChI=1S/C12H13N3/c1-9-7-14-12(15-8-9)11(13)10-5-3-2-4-6-10/h2-8,11H,13H2,1H3. The summed E-state index contributed by atoms with van der Waals surface area (Å²) in [4.78, 5) is 8.44. The molecule has 76 valence electrons. The van der Waals surface area contributed by atoms with E-state index in [1.165, 1.54) is 0 Å². The smallest absolute Gasteiger partial charge is 0.149 e. The van der Waals surface area contributed by atoms with E-state index >= 15 is 0 Å². The van der Waals surface area contributed by atoms with E-state index in [9.17, 15) is 0 Å². The van der Waals surface area contributed by atoms with Crippen molar-refractivity contribution < 1.29 is 0 Å². The molecule has 1 heterocycles. The van der Waals surface area contributed by atoms with E-state index < -0.39 is 0 Å². The number of nitrogens with two attached hydrogens (primary N) is 1. The van der Waals surface area contributed by atoms with Gasteiger partial charge in [0.25, 0.3) is 0 Å². The van der Waals surface area contributed by atoms with Crippen LogP contribution in [0.1, 0.15) is 23.0 Å². The van der Waals surface area contributed by atoms with Crippen LogP contribution in [0.25, 0.3) is 0 Å². The fourth-order valence-corrected chi connectivity index (χ4v) is 1.37. The van der Waals surface area contributed by atoms with Crippen molar-refractivity contribution in [3.05, 3.63) is 59.7 Å². The first kappa shape index (κ1) is 9.80. The molecule has 0 aliphatic carbocycles. The van der Waals surface area contributed by atoms with Crippen LogP contribution in [0.5, 0.6) is 0 Å². The third-order valence-corrected chi connectivity index (χ3v) is 2.24. The maximum Gasteiger partial charge on any atom is 0.149 e. The molecule has 0 saturated carbocycles. The molecule has 15 heavy (non-hydrogen) atoms. The van der Waals surface area contributed by atoms with Gasteiger partial charge in [0.15, 0.2) is 0 Å². The average Bonchev–Trinajstić information content (AvgIpc) is 2.30. The lowest BCUT2D eigenvalue weighted by Gasteiger charge is -2.09. The summed E-state index contributed by atoms with van der Waals surface area (Å²) in [5.41, 5.74) is 8.11. The lowest BCUT2D eigenvalue weighted by atomic mass is 10.1. The van der Waals surface area contributed by atoms with E-state index in [-0.39, 0.29) is 6.04 Å². The monoisotopic (exact) mass is 199 g/mol. The summed E-state index contributed by atoms with van der Waals surface area (Å²) < 4.78 is 0. The molecule has 1 aromatic heterocycles. The number of aromatic nitrogens is 2. The van der Waals surface area contributed by atoms with E-state index in [0.717, 1.165) is 11.1 Å². The van der Waals surface area contributed by atoms with Gasteiger partial charge in [-0.05, 0) is 18.1 Å². The molecule has 1 aromatic carbocycles. The van der Waals surface area contributed by atoms with E-state index in [0.29, 0.717) is 5.82 Å². The maximum absolute atomic E-state index is 6.04. The van der Waals surface area contributed by atoms with Gasteiger partial charge in [-0.1, -0.05) is 30.3 Å². The highest BCUT2D eigenvalue weighted by atomic mass is 14.9. The molecule has 1 atom stereocenters. The fraction of sp³-hybridized carbons (Fsp3) is 0.167. The van der Waals surface area contributed by atoms with Crippen LogP contribution in [0.2, 0.25) is 0 Å². The van der Waals surface area contributed by atoms with Gasteiger partial charge in [0.05, 0.1) is 6.04 Å². The number of hydrogen-bond acceptors (Lipinski definition) is 3. The Kier molecular flexibility index (Phi) is 2.74. The first-order valence-corrected chi connectivity index (χ1v) is 4.86. The number of hydrogen-bond donors (Lipinski definition) is 1. The molecule has 0 radical (unpaired) electrons. The zero-order chi connectivity index (χ0) is 10.7. The Hall–Kier alpha value is -1.74. The first-order chi connectivity index (χ1) is 7.27. The number of aryl methyl sites for hydroxylation is 1. The minimum atomic E-state index is -0.244. The molecule has 2 aromatic rings. The van der Waals surface area contributed by atoms with E-state index in [1.54, 1.807) is 12.4 Å². The van der Waals surface area contributed by atoms with Gasteiger partial charge >= 0.3 is 0 Å². The lowest BCUT2D eigenvalue weighted by Crippen LogP contribution is -2.15. The third-order valence-electron chi connectivity index (χ3n) is 2.24. The molecule has 0 bridgehead atoms. The molecular formula is C12H13N3. The third kappa shape index (κ3) is 2.19. The van der Waals surface area contributed by atoms with Gasteiger partial charge in [0.2, 0.25) is 0 Å². The van der Waals surface area contributed by atoms with Crippen LogP contribution in [-0.2, 0) is 0 Å². The van der Waals surface area contributed by atoms with Crippen LogP contribution < -0.4 is 5.73 Å². The summed E-state index contributed by atoms with van der Waals surface area (Å²) >= 11 is 0. The molecule has 1 unspecified atom stereocenters. The van der Waals surface area contributed by atoms with Gasteiger partial charge in [-0.2, -0.15) is 0 Å². The Bertz CT molecular complexity index is 422. The number of benzene rings is 1. The zero-order valence-corrected chi connectivity index (χ0v) is 8.59. The molecule has 2 rings (SSSR count). The van der Waals surface area contributed by atoms with Gasteiger partial charge in [0.1, 0.15) is 5.82 Å². The predicted molar refractivity (Wildman–Crippen MR) is 59.2 cm³/mol. The first-order valence-electron chi connectivity index (χ1n) is 4.86. The Morgan fingerprint density at radius 3 is 2.27 bits per heavy atom. The van der Waals surface area contributed by atoms with Gasteiger partial charge < -0.3 is 5.73 Å². The molecule has 2 N–H and O–H groups in total. The summed E-state index contributed by atoms with van der Waals surface area (Å²) in [6, 6.07) is 9.60. The van der Waals surface area contributed by atoms with E-state index in [1.807, 2.05) is 37.3 Å². The number of rotatable bonds is 2.